The summed E-state index contributed by atoms with van der Waals surface area (Å²) in [6, 6.07) is 4.07. The number of halogens is 3. The van der Waals surface area contributed by atoms with Crippen LogP contribution >= 0.6 is 0 Å². The number of ketones is 1. The predicted octanol–water partition coefficient (Wildman–Crippen LogP) is 2.46. The van der Waals surface area contributed by atoms with Crippen LogP contribution in [0.3, 0.4) is 0 Å². The molecule has 0 saturated heterocycles. The number of rotatable bonds is 13. The maximum Gasteiger partial charge on any atom is 0.471 e. The Balaban J connectivity index is 1.79. The Hall–Kier alpha value is -4.80. The summed E-state index contributed by atoms with van der Waals surface area (Å²) in [5, 5.41) is 5.36. The van der Waals surface area contributed by atoms with Crippen LogP contribution in [0.15, 0.2) is 29.1 Å². The molecule has 2 amide bonds. The molecule has 17 heteroatoms. The van der Waals surface area contributed by atoms with Gasteiger partial charge in [-0.25, -0.2) is 9.78 Å². The van der Waals surface area contributed by atoms with Gasteiger partial charge in [0.2, 0.25) is 5.78 Å². The third-order valence-electron chi connectivity index (χ3n) is 7.64. The van der Waals surface area contributed by atoms with Crippen molar-refractivity contribution >= 4 is 35.4 Å². The highest BCUT2D eigenvalue weighted by atomic mass is 19.4. The van der Waals surface area contributed by atoms with Crippen molar-refractivity contribution in [3.8, 4) is 0 Å². The lowest BCUT2D eigenvalue weighted by molar-refractivity contribution is -0.189. The van der Waals surface area contributed by atoms with Gasteiger partial charge < -0.3 is 35.7 Å². The number of esters is 2. The van der Waals surface area contributed by atoms with Gasteiger partial charge in [-0.3, -0.25) is 24.0 Å². The molecule has 3 rings (SSSR count). The first kappa shape index (κ1) is 38.6. The summed E-state index contributed by atoms with van der Waals surface area (Å²) in [6.07, 6.45) is -7.17. The Kier molecular flexibility index (Phi) is 12.7. The number of H-pyrrole nitrogens is 1. The van der Waals surface area contributed by atoms with Crippen molar-refractivity contribution in [3.63, 3.8) is 0 Å². The number of carbonyl (C=O) groups is 5. The molecule has 0 spiro atoms. The lowest BCUT2D eigenvalue weighted by Gasteiger charge is -2.37. The number of aromatic amines is 1. The number of alkyl halides is 3. The van der Waals surface area contributed by atoms with Crippen molar-refractivity contribution in [2.45, 2.75) is 78.8 Å². The fourth-order valence-corrected chi connectivity index (χ4v) is 5.02. The third kappa shape index (κ3) is 10.1. The van der Waals surface area contributed by atoms with Gasteiger partial charge in [0.25, 0.3) is 11.5 Å². The van der Waals surface area contributed by atoms with Gasteiger partial charge in [0.15, 0.2) is 5.82 Å². The zero-order chi connectivity index (χ0) is 36.7. The molecule has 0 saturated carbocycles. The second kappa shape index (κ2) is 16.1. The van der Waals surface area contributed by atoms with Crippen LogP contribution in [0.5, 0.6) is 0 Å². The normalized spacial score (nSPS) is 15.6. The number of hydrogen-bond donors (Lipinski definition) is 4. The molecule has 0 bridgehead atoms. The minimum absolute atomic E-state index is 0.0325. The Labute approximate surface area is 280 Å². The van der Waals surface area contributed by atoms with Crippen LogP contribution in [0.1, 0.15) is 79.6 Å². The Bertz CT molecular complexity index is 1600. The molecule has 14 nitrogen and oxygen atoms in total. The topological polar surface area (TPSA) is 203 Å². The first-order chi connectivity index (χ1) is 22.9. The van der Waals surface area contributed by atoms with Crippen LogP contribution in [0, 0.1) is 11.3 Å². The molecule has 2 unspecified atom stereocenters. The highest BCUT2D eigenvalue weighted by molar-refractivity contribution is 5.97. The predicted molar refractivity (Wildman–Crippen MR) is 169 cm³/mol. The zero-order valence-electron chi connectivity index (χ0n) is 27.9. The average Bonchev–Trinajstić information content (AvgIpc) is 3.03. The number of hydrogen-bond acceptors (Lipinski definition) is 11. The van der Waals surface area contributed by atoms with Crippen molar-refractivity contribution in [2.75, 3.05) is 25.1 Å². The molecular formula is C32H41F3N6O8. The Morgan fingerprint density at radius 1 is 1.06 bits per heavy atom. The molecule has 1 aliphatic rings. The molecule has 1 aromatic heterocycles. The molecule has 0 aliphatic carbocycles. The van der Waals surface area contributed by atoms with Crippen LogP contribution < -0.4 is 21.9 Å². The number of Topliss-reactive ketones (excluding diaryl/α,β-unsaturated/α-hetero) is 1. The summed E-state index contributed by atoms with van der Waals surface area (Å²) in [7, 11) is 0. The summed E-state index contributed by atoms with van der Waals surface area (Å²) >= 11 is 0. The van der Waals surface area contributed by atoms with E-state index in [1.807, 2.05) is 0 Å². The fraction of sp³-hybridized carbons (Fsp3) is 0.531. The number of nitrogens with two attached hydrogens (primary N) is 1. The molecule has 5 N–H and O–H groups in total. The Morgan fingerprint density at radius 3 is 2.27 bits per heavy atom. The number of anilines is 1. The van der Waals surface area contributed by atoms with Crippen molar-refractivity contribution in [2.24, 2.45) is 17.1 Å². The monoisotopic (exact) mass is 694 g/mol. The molecule has 2 aromatic rings. The number of ether oxygens (including phenoxy) is 2. The Morgan fingerprint density at radius 2 is 1.69 bits per heavy atom. The van der Waals surface area contributed by atoms with Crippen LogP contribution in [-0.4, -0.2) is 82.5 Å². The number of nitrogens with one attached hydrogen (secondary N) is 3. The van der Waals surface area contributed by atoms with E-state index in [2.05, 4.69) is 20.6 Å². The summed E-state index contributed by atoms with van der Waals surface area (Å²) < 4.78 is 51.1. The maximum absolute atomic E-state index is 13.7. The largest absolute Gasteiger partial charge is 0.471 e. The second-order valence-electron chi connectivity index (χ2n) is 12.4. The lowest BCUT2D eigenvalue weighted by atomic mass is 9.90. The lowest BCUT2D eigenvalue weighted by Crippen LogP contribution is -2.56. The standard InChI is InChI=1S/C32H41F3N6O8/c1-6-48-22(42)13-12-21(29(46)49-7-2)38-27(44)18-10-8-17(9-11-18)16-41(30(47)32(33,34)35)24(36)19-14-20-25(37-15-19)39-26(40-28(20)45)23(43)31(3,4)5/h8-11,19,21,24H,6-7,12-16,36H2,1-5H3,(H,38,44)(H2,37,39,40,45)/t19?,21-,24?/m0/s1. The van der Waals surface area contributed by atoms with E-state index >= 15 is 0 Å². The van der Waals surface area contributed by atoms with Gasteiger partial charge in [-0.05, 0) is 44.4 Å². The number of benzene rings is 1. The van der Waals surface area contributed by atoms with E-state index in [4.69, 9.17) is 15.2 Å². The van der Waals surface area contributed by atoms with Crippen LogP contribution in [-0.2, 0) is 36.8 Å². The van der Waals surface area contributed by atoms with Gasteiger partial charge >= 0.3 is 24.0 Å². The van der Waals surface area contributed by atoms with E-state index in [1.54, 1.807) is 34.6 Å². The number of aromatic nitrogens is 2. The van der Waals surface area contributed by atoms with Crippen molar-refractivity contribution in [1.82, 2.24) is 20.2 Å². The second-order valence-corrected chi connectivity index (χ2v) is 12.4. The molecule has 2 heterocycles. The highest BCUT2D eigenvalue weighted by Gasteiger charge is 2.46. The quantitative estimate of drug-likeness (QED) is 0.136. The number of amides is 2. The average molecular weight is 695 g/mol. The number of carbonyl (C=O) groups excluding carboxylic acids is 5. The van der Waals surface area contributed by atoms with Crippen LogP contribution in [0.25, 0.3) is 0 Å². The van der Waals surface area contributed by atoms with Crippen molar-refractivity contribution in [1.29, 1.82) is 0 Å². The molecule has 1 aromatic carbocycles. The SMILES string of the molecule is CCOC(=O)CC[C@H](NC(=O)c1ccc(CN(C(=O)C(F)(F)F)C(N)C2CNc3nc(C(=O)C(C)(C)C)[nH]c(=O)c3C2)cc1)C(=O)OCC. The summed E-state index contributed by atoms with van der Waals surface area (Å²) in [6.45, 7) is 7.70. The minimum Gasteiger partial charge on any atom is -0.466 e. The summed E-state index contributed by atoms with van der Waals surface area (Å²) in [5.74, 6) is -5.57. The number of nitrogens with zero attached hydrogens (tertiary/aromatic N) is 2. The van der Waals surface area contributed by atoms with Crippen molar-refractivity contribution in [3.05, 3.63) is 57.1 Å². The van der Waals surface area contributed by atoms with Gasteiger partial charge in [-0.2, -0.15) is 13.2 Å². The zero-order valence-corrected chi connectivity index (χ0v) is 27.9. The van der Waals surface area contributed by atoms with E-state index in [9.17, 15) is 41.9 Å². The van der Waals surface area contributed by atoms with Crippen LogP contribution in [0.4, 0.5) is 19.0 Å². The van der Waals surface area contributed by atoms with Gasteiger partial charge in [0.1, 0.15) is 11.9 Å². The molecule has 1 aliphatic heterocycles. The minimum atomic E-state index is -5.27. The van der Waals surface area contributed by atoms with E-state index < -0.39 is 71.4 Å². The summed E-state index contributed by atoms with van der Waals surface area (Å²) in [5.41, 5.74) is 5.10. The van der Waals surface area contributed by atoms with Gasteiger partial charge in [0, 0.05) is 36.4 Å². The molecule has 3 atom stereocenters. The van der Waals surface area contributed by atoms with E-state index in [-0.39, 0.29) is 67.4 Å². The van der Waals surface area contributed by atoms with Crippen molar-refractivity contribution < 1.29 is 46.6 Å². The number of fused-ring (bicyclic) bond motifs is 1. The first-order valence-electron chi connectivity index (χ1n) is 15.6. The molecule has 0 fully saturated rings. The van der Waals surface area contributed by atoms with Gasteiger partial charge in [-0.15, -0.1) is 0 Å². The van der Waals surface area contributed by atoms with E-state index in [1.165, 1.54) is 24.3 Å². The maximum atomic E-state index is 13.7. The van der Waals surface area contributed by atoms with E-state index in [0.29, 0.717) is 4.90 Å². The van der Waals surface area contributed by atoms with Crippen LogP contribution in [0.2, 0.25) is 0 Å². The highest BCUT2D eigenvalue weighted by Crippen LogP contribution is 2.28. The smallest absolute Gasteiger partial charge is 0.466 e. The van der Waals surface area contributed by atoms with Gasteiger partial charge in [0.05, 0.1) is 24.9 Å². The van der Waals surface area contributed by atoms with Gasteiger partial charge in [-0.1, -0.05) is 32.9 Å². The fourth-order valence-electron chi connectivity index (χ4n) is 5.02. The van der Waals surface area contributed by atoms with E-state index in [0.717, 1.165) is 0 Å². The summed E-state index contributed by atoms with van der Waals surface area (Å²) in [4.78, 5) is 82.3. The molecule has 49 heavy (non-hydrogen) atoms. The molecular weight excluding hydrogens is 653 g/mol. The molecule has 0 radical (unpaired) electrons. The third-order valence-corrected chi connectivity index (χ3v) is 7.64. The first-order valence-corrected chi connectivity index (χ1v) is 15.6. The molecule has 268 valence electrons.